The van der Waals surface area contributed by atoms with Crippen LogP contribution in [0.3, 0.4) is 0 Å². The van der Waals surface area contributed by atoms with E-state index >= 15 is 0 Å². The zero-order valence-corrected chi connectivity index (χ0v) is 5.57. The Balaban J connectivity index is 3.75. The average molecular weight is 137 g/mol. The maximum atomic E-state index is 9.66. The minimum absolute atomic E-state index is 0.551. The third kappa shape index (κ3) is 6.44. The van der Waals surface area contributed by atoms with Crippen LogP contribution < -0.4 is 0 Å². The summed E-state index contributed by atoms with van der Waals surface area (Å²) < 4.78 is 0. The molecule has 0 aromatic heterocycles. The second-order valence-corrected chi connectivity index (χ2v) is 1.39. The first-order valence-electron chi connectivity index (χ1n) is 2.69. The SMILES string of the molecule is C/C=C/C#C/C=C/[N+](=O)[O-]. The van der Waals surface area contributed by atoms with Gasteiger partial charge in [-0.15, -0.1) is 0 Å². The molecule has 0 saturated heterocycles. The van der Waals surface area contributed by atoms with Gasteiger partial charge in [-0.25, -0.2) is 0 Å². The van der Waals surface area contributed by atoms with Crippen LogP contribution in [0.25, 0.3) is 0 Å². The lowest BCUT2D eigenvalue weighted by atomic mass is 10.5. The fourth-order valence-electron chi connectivity index (χ4n) is 0.278. The molecule has 0 unspecified atom stereocenters. The van der Waals surface area contributed by atoms with Crippen molar-refractivity contribution in [1.29, 1.82) is 0 Å². The summed E-state index contributed by atoms with van der Waals surface area (Å²) in [5.74, 6) is 5.03. The van der Waals surface area contributed by atoms with Crippen LogP contribution in [0.5, 0.6) is 0 Å². The van der Waals surface area contributed by atoms with Gasteiger partial charge in [0.2, 0.25) is 6.20 Å². The molecule has 0 heterocycles. The normalized spacial score (nSPS) is 9.70. The summed E-state index contributed by atoms with van der Waals surface area (Å²) in [5, 5.41) is 9.66. The summed E-state index contributed by atoms with van der Waals surface area (Å²) in [6.45, 7) is 1.83. The summed E-state index contributed by atoms with van der Waals surface area (Å²) in [5.41, 5.74) is 0. The van der Waals surface area contributed by atoms with E-state index < -0.39 is 4.92 Å². The standard InChI is InChI=1S/C7H7NO2/c1-2-3-4-5-6-7-8(9)10/h2-3,6-7H,1H3/b3-2+,7-6+. The van der Waals surface area contributed by atoms with E-state index in [9.17, 15) is 10.1 Å². The highest BCUT2D eigenvalue weighted by Crippen LogP contribution is 1.71. The number of nitro groups is 1. The molecule has 52 valence electrons. The molecule has 0 saturated carbocycles. The van der Waals surface area contributed by atoms with Gasteiger partial charge in [0.15, 0.2) is 0 Å². The smallest absolute Gasteiger partial charge is 0.242 e. The van der Waals surface area contributed by atoms with E-state index in [1.54, 1.807) is 12.2 Å². The molecule has 0 N–H and O–H groups in total. The highest BCUT2D eigenvalue weighted by atomic mass is 16.6. The molecular weight excluding hydrogens is 130 g/mol. The Labute approximate surface area is 59.2 Å². The van der Waals surface area contributed by atoms with Crippen LogP contribution in [-0.4, -0.2) is 4.92 Å². The lowest BCUT2D eigenvalue weighted by molar-refractivity contribution is -0.402. The minimum atomic E-state index is -0.551. The molecule has 0 aromatic carbocycles. The number of hydrogen-bond donors (Lipinski definition) is 0. The van der Waals surface area contributed by atoms with Crippen molar-refractivity contribution in [3.05, 3.63) is 34.5 Å². The van der Waals surface area contributed by atoms with Crippen molar-refractivity contribution in [2.75, 3.05) is 0 Å². The van der Waals surface area contributed by atoms with Gasteiger partial charge in [0.25, 0.3) is 0 Å². The van der Waals surface area contributed by atoms with E-state index in [1.165, 1.54) is 6.08 Å². The summed E-state index contributed by atoms with van der Waals surface area (Å²) in [6.07, 6.45) is 5.37. The molecule has 3 nitrogen and oxygen atoms in total. The van der Waals surface area contributed by atoms with E-state index in [0.29, 0.717) is 0 Å². The van der Waals surface area contributed by atoms with Gasteiger partial charge >= 0.3 is 0 Å². The fourth-order valence-corrected chi connectivity index (χ4v) is 0.278. The Kier molecular flexibility index (Phi) is 4.70. The van der Waals surface area contributed by atoms with Crippen LogP contribution in [0.2, 0.25) is 0 Å². The topological polar surface area (TPSA) is 43.1 Å². The second-order valence-electron chi connectivity index (χ2n) is 1.39. The quantitative estimate of drug-likeness (QED) is 0.311. The molecule has 0 radical (unpaired) electrons. The van der Waals surface area contributed by atoms with Crippen molar-refractivity contribution in [2.45, 2.75) is 6.92 Å². The first-order chi connectivity index (χ1) is 4.77. The maximum Gasteiger partial charge on any atom is 0.242 e. The van der Waals surface area contributed by atoms with Gasteiger partial charge in [-0.2, -0.15) is 0 Å². The minimum Gasteiger partial charge on any atom is -0.259 e. The Morgan fingerprint density at radius 3 is 2.50 bits per heavy atom. The van der Waals surface area contributed by atoms with Crippen molar-refractivity contribution in [1.82, 2.24) is 0 Å². The molecule has 0 rings (SSSR count). The van der Waals surface area contributed by atoms with Gasteiger partial charge in [0, 0.05) is 0 Å². The van der Waals surface area contributed by atoms with Crippen LogP contribution in [0.4, 0.5) is 0 Å². The number of nitrogens with zero attached hydrogens (tertiary/aromatic N) is 1. The second kappa shape index (κ2) is 5.57. The van der Waals surface area contributed by atoms with Gasteiger partial charge in [0.1, 0.15) is 0 Å². The Hall–Kier alpha value is -1.56. The van der Waals surface area contributed by atoms with E-state index in [2.05, 4.69) is 11.8 Å². The van der Waals surface area contributed by atoms with E-state index in [4.69, 9.17) is 0 Å². The van der Waals surface area contributed by atoms with E-state index in [0.717, 1.165) is 6.20 Å². The van der Waals surface area contributed by atoms with Crippen LogP contribution in [-0.2, 0) is 0 Å². The summed E-state index contributed by atoms with van der Waals surface area (Å²) in [4.78, 5) is 9.11. The van der Waals surface area contributed by atoms with E-state index in [-0.39, 0.29) is 0 Å². The molecule has 0 spiro atoms. The van der Waals surface area contributed by atoms with Crippen molar-refractivity contribution in [3.8, 4) is 11.8 Å². The van der Waals surface area contributed by atoms with Crippen molar-refractivity contribution < 1.29 is 4.92 Å². The number of hydrogen-bond acceptors (Lipinski definition) is 2. The summed E-state index contributed by atoms with van der Waals surface area (Å²) >= 11 is 0. The van der Waals surface area contributed by atoms with Crippen molar-refractivity contribution >= 4 is 0 Å². The Morgan fingerprint density at radius 1 is 1.40 bits per heavy atom. The monoisotopic (exact) mass is 137 g/mol. The molecule has 0 atom stereocenters. The highest BCUT2D eigenvalue weighted by molar-refractivity contribution is 5.22. The van der Waals surface area contributed by atoms with Crippen LogP contribution in [0.1, 0.15) is 6.92 Å². The summed E-state index contributed by atoms with van der Waals surface area (Å²) in [6, 6.07) is 0. The third-order valence-corrected chi connectivity index (χ3v) is 0.613. The van der Waals surface area contributed by atoms with Crippen LogP contribution in [0.15, 0.2) is 24.4 Å². The largest absolute Gasteiger partial charge is 0.259 e. The highest BCUT2D eigenvalue weighted by Gasteiger charge is 1.76. The van der Waals surface area contributed by atoms with Gasteiger partial charge in [-0.1, -0.05) is 17.9 Å². The van der Waals surface area contributed by atoms with E-state index in [1.807, 2.05) is 6.92 Å². The fraction of sp³-hybridized carbons (Fsp3) is 0.143. The van der Waals surface area contributed by atoms with Crippen LogP contribution >= 0.6 is 0 Å². The molecule has 0 amide bonds. The van der Waals surface area contributed by atoms with Crippen molar-refractivity contribution in [3.63, 3.8) is 0 Å². The lowest BCUT2D eigenvalue weighted by Gasteiger charge is -1.70. The zero-order valence-electron chi connectivity index (χ0n) is 5.57. The van der Waals surface area contributed by atoms with Crippen LogP contribution in [0, 0.1) is 22.0 Å². The number of allylic oxidation sites excluding steroid dienone is 3. The Morgan fingerprint density at radius 2 is 2.00 bits per heavy atom. The van der Waals surface area contributed by atoms with Gasteiger partial charge in [-0.05, 0) is 13.0 Å². The molecule has 3 heteroatoms. The van der Waals surface area contributed by atoms with Crippen molar-refractivity contribution in [2.24, 2.45) is 0 Å². The summed E-state index contributed by atoms with van der Waals surface area (Å²) in [7, 11) is 0. The molecule has 0 aliphatic carbocycles. The Bertz CT molecular complexity index is 217. The molecule has 0 fully saturated rings. The predicted octanol–water partition coefficient (Wildman–Crippen LogP) is 1.36. The molecule has 10 heavy (non-hydrogen) atoms. The first-order valence-corrected chi connectivity index (χ1v) is 2.69. The third-order valence-electron chi connectivity index (χ3n) is 0.613. The average Bonchev–Trinajstić information content (AvgIpc) is 1.87. The zero-order chi connectivity index (χ0) is 7.82. The predicted molar refractivity (Wildman–Crippen MR) is 38.7 cm³/mol. The maximum absolute atomic E-state index is 9.66. The lowest BCUT2D eigenvalue weighted by Crippen LogP contribution is -1.80. The van der Waals surface area contributed by atoms with Gasteiger partial charge < -0.3 is 0 Å². The molecular formula is C7H7NO2. The van der Waals surface area contributed by atoms with Gasteiger partial charge in [0.05, 0.1) is 11.0 Å². The molecule has 0 aromatic rings. The number of rotatable bonds is 1. The van der Waals surface area contributed by atoms with Gasteiger partial charge in [-0.3, -0.25) is 10.1 Å². The first kappa shape index (κ1) is 8.44. The molecule has 0 aliphatic rings. The molecule has 0 aliphatic heterocycles. The molecule has 0 bridgehead atoms.